The van der Waals surface area contributed by atoms with Crippen LogP contribution in [0.1, 0.15) is 0 Å². The summed E-state index contributed by atoms with van der Waals surface area (Å²) in [4.78, 5) is 12.8. The Kier molecular flexibility index (Phi) is 4.62. The fourth-order valence-electron chi connectivity index (χ4n) is 2.75. The molecule has 2 aromatic carbocycles. The zero-order valence-corrected chi connectivity index (χ0v) is 14.8. The van der Waals surface area contributed by atoms with Gasteiger partial charge in [0, 0.05) is 11.6 Å². The second kappa shape index (κ2) is 6.87. The first-order valence-corrected chi connectivity index (χ1v) is 7.68. The van der Waals surface area contributed by atoms with E-state index in [0.29, 0.717) is 17.1 Å². The molecule has 7 nitrogen and oxygen atoms in total. The Labute approximate surface area is 149 Å². The van der Waals surface area contributed by atoms with Crippen LogP contribution in [-0.4, -0.2) is 33.5 Å². The van der Waals surface area contributed by atoms with Gasteiger partial charge in [0.05, 0.1) is 28.4 Å². The highest BCUT2D eigenvalue weighted by Gasteiger charge is 2.24. The smallest absolute Gasteiger partial charge is 0.238 e. The SMILES string of the molecule is COc1ccc(-c2oc3cc(OC)c(OC)c(OC)c3c(=O)c2O)cc1. The molecule has 0 bridgehead atoms. The van der Waals surface area contributed by atoms with Gasteiger partial charge in [-0.05, 0) is 24.3 Å². The Morgan fingerprint density at radius 3 is 2.08 bits per heavy atom. The molecule has 1 heterocycles. The first-order chi connectivity index (χ1) is 12.5. The highest BCUT2D eigenvalue weighted by molar-refractivity contribution is 5.91. The molecule has 1 aromatic heterocycles. The quantitative estimate of drug-likeness (QED) is 0.749. The van der Waals surface area contributed by atoms with E-state index in [9.17, 15) is 9.90 Å². The third kappa shape index (κ3) is 2.67. The number of methoxy groups -OCH3 is 4. The van der Waals surface area contributed by atoms with Crippen LogP contribution in [0.5, 0.6) is 28.7 Å². The van der Waals surface area contributed by atoms with Crippen molar-refractivity contribution in [2.24, 2.45) is 0 Å². The molecule has 0 aliphatic carbocycles. The van der Waals surface area contributed by atoms with Crippen LogP contribution in [0.3, 0.4) is 0 Å². The van der Waals surface area contributed by atoms with Gasteiger partial charge in [0.25, 0.3) is 0 Å². The van der Waals surface area contributed by atoms with Crippen molar-refractivity contribution in [3.8, 4) is 40.1 Å². The van der Waals surface area contributed by atoms with Crippen molar-refractivity contribution >= 4 is 11.0 Å². The monoisotopic (exact) mass is 358 g/mol. The predicted molar refractivity (Wildman–Crippen MR) is 95.8 cm³/mol. The number of rotatable bonds is 5. The van der Waals surface area contributed by atoms with Gasteiger partial charge in [0.15, 0.2) is 17.3 Å². The Morgan fingerprint density at radius 2 is 1.54 bits per heavy atom. The Morgan fingerprint density at radius 1 is 0.885 bits per heavy atom. The average Bonchev–Trinajstić information content (AvgIpc) is 2.69. The van der Waals surface area contributed by atoms with Gasteiger partial charge in [-0.25, -0.2) is 0 Å². The molecule has 0 atom stereocenters. The molecular weight excluding hydrogens is 340 g/mol. The van der Waals surface area contributed by atoms with E-state index in [1.54, 1.807) is 31.4 Å². The van der Waals surface area contributed by atoms with Crippen LogP contribution < -0.4 is 24.4 Å². The summed E-state index contributed by atoms with van der Waals surface area (Å²) in [6.07, 6.45) is 0. The number of fused-ring (bicyclic) bond motifs is 1. The minimum atomic E-state index is -0.630. The molecule has 3 aromatic rings. The second-order valence-corrected chi connectivity index (χ2v) is 5.36. The molecule has 0 radical (unpaired) electrons. The third-order valence-corrected chi connectivity index (χ3v) is 4.02. The standard InChI is InChI=1S/C19H18O7/c1-22-11-7-5-10(6-8-11)17-16(21)15(20)14-12(26-17)9-13(23-2)18(24-3)19(14)25-4/h5-9,21H,1-4H3. The van der Waals surface area contributed by atoms with E-state index in [1.807, 2.05) is 0 Å². The van der Waals surface area contributed by atoms with Crippen molar-refractivity contribution in [2.75, 3.05) is 28.4 Å². The molecule has 0 aliphatic heterocycles. The fraction of sp³-hybridized carbons (Fsp3) is 0.211. The minimum Gasteiger partial charge on any atom is -0.502 e. The summed E-state index contributed by atoms with van der Waals surface area (Å²) in [5, 5.41) is 10.5. The number of aromatic hydroxyl groups is 1. The van der Waals surface area contributed by atoms with Gasteiger partial charge >= 0.3 is 0 Å². The van der Waals surface area contributed by atoms with Gasteiger partial charge in [0.1, 0.15) is 16.7 Å². The van der Waals surface area contributed by atoms with E-state index in [2.05, 4.69) is 0 Å². The molecular formula is C19H18O7. The van der Waals surface area contributed by atoms with E-state index < -0.39 is 11.2 Å². The van der Waals surface area contributed by atoms with Crippen molar-refractivity contribution in [3.05, 3.63) is 40.6 Å². The first-order valence-electron chi connectivity index (χ1n) is 7.68. The highest BCUT2D eigenvalue weighted by atomic mass is 16.5. The minimum absolute atomic E-state index is 0.0411. The lowest BCUT2D eigenvalue weighted by Crippen LogP contribution is -2.06. The van der Waals surface area contributed by atoms with Crippen LogP contribution in [0, 0.1) is 0 Å². The summed E-state index contributed by atoms with van der Waals surface area (Å²) in [6, 6.07) is 8.29. The van der Waals surface area contributed by atoms with Crippen LogP contribution in [0.15, 0.2) is 39.5 Å². The van der Waals surface area contributed by atoms with Gasteiger partial charge in [-0.3, -0.25) is 4.79 Å². The number of ether oxygens (including phenoxy) is 4. The zero-order valence-electron chi connectivity index (χ0n) is 14.8. The number of hydrogen-bond donors (Lipinski definition) is 1. The average molecular weight is 358 g/mol. The summed E-state index contributed by atoms with van der Waals surface area (Å²) >= 11 is 0. The topological polar surface area (TPSA) is 87.4 Å². The summed E-state index contributed by atoms with van der Waals surface area (Å²) < 4.78 is 26.8. The van der Waals surface area contributed by atoms with Gasteiger partial charge in [0.2, 0.25) is 16.9 Å². The summed E-state index contributed by atoms with van der Waals surface area (Å²) in [6.45, 7) is 0. The van der Waals surface area contributed by atoms with Crippen molar-refractivity contribution in [1.82, 2.24) is 0 Å². The molecule has 0 saturated carbocycles. The van der Waals surface area contributed by atoms with Crippen LogP contribution >= 0.6 is 0 Å². The maximum Gasteiger partial charge on any atom is 0.238 e. The van der Waals surface area contributed by atoms with E-state index in [4.69, 9.17) is 23.4 Å². The van der Waals surface area contributed by atoms with Crippen LogP contribution in [-0.2, 0) is 0 Å². The Bertz CT molecular complexity index is 1000. The maximum atomic E-state index is 12.8. The molecule has 0 spiro atoms. The van der Waals surface area contributed by atoms with Crippen molar-refractivity contribution < 1.29 is 28.5 Å². The molecule has 1 N–H and O–H groups in total. The highest BCUT2D eigenvalue weighted by Crippen LogP contribution is 2.44. The molecule has 136 valence electrons. The third-order valence-electron chi connectivity index (χ3n) is 4.02. The van der Waals surface area contributed by atoms with Gasteiger partial charge in [-0.2, -0.15) is 0 Å². The normalized spacial score (nSPS) is 10.6. The first kappa shape index (κ1) is 17.5. The molecule has 7 heteroatoms. The van der Waals surface area contributed by atoms with Gasteiger partial charge in [-0.1, -0.05) is 0 Å². The van der Waals surface area contributed by atoms with Gasteiger partial charge < -0.3 is 28.5 Å². The van der Waals surface area contributed by atoms with E-state index in [-0.39, 0.29) is 28.2 Å². The van der Waals surface area contributed by atoms with Crippen molar-refractivity contribution in [1.29, 1.82) is 0 Å². The Hall–Kier alpha value is -3.35. The fourth-order valence-corrected chi connectivity index (χ4v) is 2.75. The number of hydrogen-bond acceptors (Lipinski definition) is 7. The lowest BCUT2D eigenvalue weighted by atomic mass is 10.1. The van der Waals surface area contributed by atoms with E-state index >= 15 is 0 Å². The Balaban J connectivity index is 2.34. The molecule has 26 heavy (non-hydrogen) atoms. The molecule has 0 aliphatic rings. The van der Waals surface area contributed by atoms with E-state index in [1.165, 1.54) is 27.4 Å². The summed E-state index contributed by atoms with van der Waals surface area (Å²) in [5.41, 5.74) is 0.0963. The number of benzene rings is 2. The van der Waals surface area contributed by atoms with Crippen LogP contribution in [0.25, 0.3) is 22.3 Å². The predicted octanol–water partition coefficient (Wildman–Crippen LogP) is 3.20. The van der Waals surface area contributed by atoms with Gasteiger partial charge in [-0.15, -0.1) is 0 Å². The largest absolute Gasteiger partial charge is 0.502 e. The zero-order chi connectivity index (χ0) is 18.8. The van der Waals surface area contributed by atoms with Crippen LogP contribution in [0.4, 0.5) is 0 Å². The van der Waals surface area contributed by atoms with Crippen LogP contribution in [0.2, 0.25) is 0 Å². The van der Waals surface area contributed by atoms with Crippen molar-refractivity contribution in [2.45, 2.75) is 0 Å². The summed E-state index contributed by atoms with van der Waals surface area (Å²) in [5.74, 6) is 0.877. The van der Waals surface area contributed by atoms with E-state index in [0.717, 1.165) is 0 Å². The lowest BCUT2D eigenvalue weighted by Gasteiger charge is -2.15. The molecule has 0 fully saturated rings. The maximum absolute atomic E-state index is 12.8. The molecule has 0 amide bonds. The lowest BCUT2D eigenvalue weighted by molar-refractivity contribution is 0.326. The van der Waals surface area contributed by atoms with Crippen molar-refractivity contribution in [3.63, 3.8) is 0 Å². The molecule has 0 saturated heterocycles. The summed E-state index contributed by atoms with van der Waals surface area (Å²) in [7, 11) is 5.84. The molecule has 0 unspecified atom stereocenters. The second-order valence-electron chi connectivity index (χ2n) is 5.36. The molecule has 3 rings (SSSR count).